The Kier molecular flexibility index (Phi) is 3.74. The molecule has 1 fully saturated rings. The Hall–Kier alpha value is -1.13. The van der Waals surface area contributed by atoms with Crippen molar-refractivity contribution in [3.63, 3.8) is 0 Å². The predicted octanol–water partition coefficient (Wildman–Crippen LogP) is 1.67. The van der Waals surface area contributed by atoms with E-state index in [1.54, 1.807) is 18.3 Å². The Morgan fingerprint density at radius 1 is 1.44 bits per heavy atom. The number of carbonyl (C=O) groups is 1. The average molecular weight is 240 g/mol. The lowest BCUT2D eigenvalue weighted by atomic mass is 9.97. The van der Waals surface area contributed by atoms with Crippen LogP contribution in [0, 0.1) is 5.92 Å². The number of pyridine rings is 1. The molecule has 1 aromatic rings. The Labute approximate surface area is 99.4 Å². The summed E-state index contributed by atoms with van der Waals surface area (Å²) in [5.41, 5.74) is 0.702. The summed E-state index contributed by atoms with van der Waals surface area (Å²) in [7, 11) is 0. The summed E-state index contributed by atoms with van der Waals surface area (Å²) in [5.74, 6) is 0.183. The van der Waals surface area contributed by atoms with E-state index in [9.17, 15) is 4.79 Å². The summed E-state index contributed by atoms with van der Waals surface area (Å²) in [6.07, 6.45) is 3.36. The van der Waals surface area contributed by atoms with Crippen LogP contribution in [0.15, 0.2) is 18.3 Å². The number of hydrogen-bond donors (Lipinski definition) is 2. The van der Waals surface area contributed by atoms with E-state index in [2.05, 4.69) is 15.6 Å². The maximum atomic E-state index is 11.9. The van der Waals surface area contributed by atoms with Gasteiger partial charge in [0.2, 0.25) is 5.91 Å². The van der Waals surface area contributed by atoms with Crippen LogP contribution >= 0.6 is 11.6 Å². The van der Waals surface area contributed by atoms with E-state index in [1.807, 2.05) is 0 Å². The van der Waals surface area contributed by atoms with Crippen molar-refractivity contribution in [1.29, 1.82) is 0 Å². The number of hydrogen-bond acceptors (Lipinski definition) is 3. The van der Waals surface area contributed by atoms with Crippen LogP contribution in [-0.2, 0) is 4.79 Å². The molecule has 86 valence electrons. The molecule has 4 nitrogen and oxygen atoms in total. The number of rotatable bonds is 2. The van der Waals surface area contributed by atoms with Crippen LogP contribution < -0.4 is 10.6 Å². The summed E-state index contributed by atoms with van der Waals surface area (Å²) in [4.78, 5) is 15.8. The van der Waals surface area contributed by atoms with Gasteiger partial charge in [-0.1, -0.05) is 11.6 Å². The van der Waals surface area contributed by atoms with Gasteiger partial charge in [0.25, 0.3) is 0 Å². The Morgan fingerprint density at radius 3 is 2.81 bits per heavy atom. The van der Waals surface area contributed by atoms with Gasteiger partial charge in [0.05, 0.1) is 11.9 Å². The number of carbonyl (C=O) groups excluding carboxylic acids is 1. The zero-order valence-corrected chi connectivity index (χ0v) is 9.63. The standard InChI is InChI=1S/C11H14ClN3O/c12-10-2-1-9(7-14-10)15-11(16)8-3-5-13-6-4-8/h1-2,7-8,13H,3-6H2,(H,15,16). The lowest BCUT2D eigenvalue weighted by Crippen LogP contribution is -2.34. The number of aromatic nitrogens is 1. The molecule has 1 saturated heterocycles. The second-order valence-corrected chi connectivity index (χ2v) is 4.27. The third-order valence-corrected chi connectivity index (χ3v) is 2.93. The third kappa shape index (κ3) is 2.93. The lowest BCUT2D eigenvalue weighted by Gasteiger charge is -2.21. The Balaban J connectivity index is 1.93. The minimum Gasteiger partial charge on any atom is -0.324 e. The van der Waals surface area contributed by atoms with Gasteiger partial charge in [-0.05, 0) is 38.1 Å². The molecule has 0 atom stereocenters. The topological polar surface area (TPSA) is 54.0 Å². The van der Waals surface area contributed by atoms with Gasteiger partial charge in [-0.15, -0.1) is 0 Å². The SMILES string of the molecule is O=C(Nc1ccc(Cl)nc1)C1CCNCC1. The number of nitrogens with zero attached hydrogens (tertiary/aromatic N) is 1. The summed E-state index contributed by atoms with van der Waals surface area (Å²) >= 11 is 5.66. The van der Waals surface area contributed by atoms with Crippen molar-refractivity contribution >= 4 is 23.2 Å². The van der Waals surface area contributed by atoms with Crippen molar-refractivity contribution in [2.24, 2.45) is 5.92 Å². The van der Waals surface area contributed by atoms with Gasteiger partial charge >= 0.3 is 0 Å². The number of piperidine rings is 1. The van der Waals surface area contributed by atoms with E-state index in [-0.39, 0.29) is 11.8 Å². The fraction of sp³-hybridized carbons (Fsp3) is 0.455. The maximum absolute atomic E-state index is 11.9. The van der Waals surface area contributed by atoms with Crippen molar-refractivity contribution in [1.82, 2.24) is 10.3 Å². The first-order chi connectivity index (χ1) is 7.75. The largest absolute Gasteiger partial charge is 0.324 e. The van der Waals surface area contributed by atoms with Crippen molar-refractivity contribution in [2.45, 2.75) is 12.8 Å². The van der Waals surface area contributed by atoms with Crippen LogP contribution in [-0.4, -0.2) is 24.0 Å². The van der Waals surface area contributed by atoms with Gasteiger partial charge in [-0.25, -0.2) is 4.98 Å². The van der Waals surface area contributed by atoms with E-state index in [1.165, 1.54) is 0 Å². The van der Waals surface area contributed by atoms with E-state index >= 15 is 0 Å². The van der Waals surface area contributed by atoms with Gasteiger partial charge in [-0.3, -0.25) is 4.79 Å². The summed E-state index contributed by atoms with van der Waals surface area (Å²) in [5, 5.41) is 6.51. The molecular formula is C11H14ClN3O. The first-order valence-corrected chi connectivity index (χ1v) is 5.76. The van der Waals surface area contributed by atoms with Gasteiger partial charge in [0.15, 0.2) is 0 Å². The first-order valence-electron chi connectivity index (χ1n) is 5.39. The molecule has 1 aliphatic heterocycles. The summed E-state index contributed by atoms with van der Waals surface area (Å²) < 4.78 is 0. The monoisotopic (exact) mass is 239 g/mol. The van der Waals surface area contributed by atoms with Gasteiger partial charge in [-0.2, -0.15) is 0 Å². The predicted molar refractivity (Wildman–Crippen MR) is 63.5 cm³/mol. The minimum absolute atomic E-state index is 0.0747. The smallest absolute Gasteiger partial charge is 0.227 e. The van der Waals surface area contributed by atoms with Crippen LogP contribution in [0.2, 0.25) is 5.15 Å². The zero-order valence-electron chi connectivity index (χ0n) is 8.87. The second-order valence-electron chi connectivity index (χ2n) is 3.88. The summed E-state index contributed by atoms with van der Waals surface area (Å²) in [6, 6.07) is 3.42. The highest BCUT2D eigenvalue weighted by Gasteiger charge is 2.20. The molecule has 1 amide bonds. The Morgan fingerprint density at radius 2 is 2.19 bits per heavy atom. The molecule has 0 saturated carbocycles. The van der Waals surface area contributed by atoms with Crippen molar-refractivity contribution in [2.75, 3.05) is 18.4 Å². The molecule has 1 aliphatic rings. The Bertz CT molecular complexity index is 360. The molecule has 0 unspecified atom stereocenters. The van der Waals surface area contributed by atoms with Crippen LogP contribution in [0.5, 0.6) is 0 Å². The molecular weight excluding hydrogens is 226 g/mol. The van der Waals surface area contributed by atoms with Crippen LogP contribution in [0.4, 0.5) is 5.69 Å². The van der Waals surface area contributed by atoms with Crippen LogP contribution in [0.3, 0.4) is 0 Å². The summed E-state index contributed by atoms with van der Waals surface area (Å²) in [6.45, 7) is 1.83. The molecule has 5 heteroatoms. The van der Waals surface area contributed by atoms with Gasteiger partial charge < -0.3 is 10.6 Å². The van der Waals surface area contributed by atoms with Crippen LogP contribution in [0.25, 0.3) is 0 Å². The highest BCUT2D eigenvalue weighted by molar-refractivity contribution is 6.29. The lowest BCUT2D eigenvalue weighted by molar-refractivity contribution is -0.120. The molecule has 2 heterocycles. The van der Waals surface area contributed by atoms with E-state index in [4.69, 9.17) is 11.6 Å². The van der Waals surface area contributed by atoms with Gasteiger partial charge in [0.1, 0.15) is 5.15 Å². The van der Waals surface area contributed by atoms with Crippen molar-refractivity contribution in [3.05, 3.63) is 23.5 Å². The molecule has 0 spiro atoms. The molecule has 0 bridgehead atoms. The van der Waals surface area contributed by atoms with Crippen LogP contribution in [0.1, 0.15) is 12.8 Å². The highest BCUT2D eigenvalue weighted by atomic mass is 35.5. The average Bonchev–Trinajstić information content (AvgIpc) is 2.33. The number of nitrogens with one attached hydrogen (secondary N) is 2. The van der Waals surface area contributed by atoms with Gasteiger partial charge in [0, 0.05) is 5.92 Å². The molecule has 2 N–H and O–H groups in total. The molecule has 0 aliphatic carbocycles. The maximum Gasteiger partial charge on any atom is 0.227 e. The zero-order chi connectivity index (χ0) is 11.4. The van der Waals surface area contributed by atoms with E-state index in [0.29, 0.717) is 10.8 Å². The van der Waals surface area contributed by atoms with Crippen molar-refractivity contribution < 1.29 is 4.79 Å². The van der Waals surface area contributed by atoms with Crippen molar-refractivity contribution in [3.8, 4) is 0 Å². The second kappa shape index (κ2) is 5.27. The number of anilines is 1. The number of halogens is 1. The quantitative estimate of drug-likeness (QED) is 0.772. The fourth-order valence-electron chi connectivity index (χ4n) is 1.78. The molecule has 2 rings (SSSR count). The normalized spacial score (nSPS) is 17.1. The first kappa shape index (κ1) is 11.4. The third-order valence-electron chi connectivity index (χ3n) is 2.70. The molecule has 0 radical (unpaired) electrons. The fourth-order valence-corrected chi connectivity index (χ4v) is 1.89. The molecule has 0 aromatic carbocycles. The number of amides is 1. The van der Waals surface area contributed by atoms with E-state index < -0.39 is 0 Å². The highest BCUT2D eigenvalue weighted by Crippen LogP contribution is 2.15. The minimum atomic E-state index is 0.0747. The van der Waals surface area contributed by atoms with E-state index in [0.717, 1.165) is 25.9 Å². The molecule has 1 aromatic heterocycles. The molecule has 16 heavy (non-hydrogen) atoms.